The molecule has 0 aliphatic heterocycles. The summed E-state index contributed by atoms with van der Waals surface area (Å²) in [6.07, 6.45) is 6.28. The van der Waals surface area contributed by atoms with E-state index in [0.29, 0.717) is 24.1 Å². The van der Waals surface area contributed by atoms with Crippen LogP contribution >= 0.6 is 0 Å². The summed E-state index contributed by atoms with van der Waals surface area (Å²) < 4.78 is 10.4. The van der Waals surface area contributed by atoms with Crippen LogP contribution in [0, 0.1) is 0 Å². The van der Waals surface area contributed by atoms with Crippen molar-refractivity contribution in [1.29, 1.82) is 0 Å². The maximum Gasteiger partial charge on any atom is 0.200 e. The van der Waals surface area contributed by atoms with E-state index in [1.54, 1.807) is 19.2 Å². The van der Waals surface area contributed by atoms with Crippen molar-refractivity contribution in [2.45, 2.75) is 44.7 Å². The Balaban J connectivity index is 1.98. The molecule has 0 heterocycles. The summed E-state index contributed by atoms with van der Waals surface area (Å²) in [5, 5.41) is 16.7. The first kappa shape index (κ1) is 17.2. The zero-order valence-corrected chi connectivity index (χ0v) is 14.2. The van der Waals surface area contributed by atoms with Crippen LogP contribution in [0.15, 0.2) is 17.1 Å². The van der Waals surface area contributed by atoms with Crippen LogP contribution in [-0.2, 0) is 6.54 Å². The van der Waals surface area contributed by atoms with E-state index in [9.17, 15) is 5.11 Å². The fourth-order valence-electron chi connectivity index (χ4n) is 2.87. The highest BCUT2D eigenvalue weighted by Crippen LogP contribution is 2.36. The van der Waals surface area contributed by atoms with E-state index in [-0.39, 0.29) is 5.75 Å². The molecule has 3 N–H and O–H groups in total. The van der Waals surface area contributed by atoms with E-state index in [1.165, 1.54) is 46.3 Å². The smallest absolute Gasteiger partial charge is 0.200 e. The predicted octanol–water partition coefficient (Wildman–Crippen LogP) is 2.41. The number of hydrogen-bond acceptors (Lipinski definition) is 4. The van der Waals surface area contributed by atoms with Crippen molar-refractivity contribution in [1.82, 2.24) is 10.6 Å². The summed E-state index contributed by atoms with van der Waals surface area (Å²) in [6.45, 7) is 0.569. The molecule has 0 bridgehead atoms. The molecule has 0 spiro atoms. The number of hydrogen-bond donors (Lipinski definition) is 3. The van der Waals surface area contributed by atoms with Crippen molar-refractivity contribution in [3.8, 4) is 17.2 Å². The second-order valence-corrected chi connectivity index (χ2v) is 5.75. The zero-order chi connectivity index (χ0) is 16.7. The number of phenolic OH excluding ortho intramolecular Hbond substituents is 1. The second-order valence-electron chi connectivity index (χ2n) is 5.75. The van der Waals surface area contributed by atoms with Gasteiger partial charge in [-0.05, 0) is 30.5 Å². The van der Waals surface area contributed by atoms with Gasteiger partial charge < -0.3 is 25.2 Å². The molecule has 0 amide bonds. The number of rotatable bonds is 5. The Morgan fingerprint density at radius 2 is 1.78 bits per heavy atom. The third kappa shape index (κ3) is 4.68. The van der Waals surface area contributed by atoms with Gasteiger partial charge in [0.2, 0.25) is 5.75 Å². The minimum Gasteiger partial charge on any atom is -0.502 e. The monoisotopic (exact) mass is 321 g/mol. The van der Waals surface area contributed by atoms with Gasteiger partial charge in [0.25, 0.3) is 0 Å². The summed E-state index contributed by atoms with van der Waals surface area (Å²) >= 11 is 0. The van der Waals surface area contributed by atoms with Crippen molar-refractivity contribution in [2.75, 3.05) is 21.3 Å². The van der Waals surface area contributed by atoms with Gasteiger partial charge in [-0.3, -0.25) is 4.99 Å². The van der Waals surface area contributed by atoms with Gasteiger partial charge in [-0.25, -0.2) is 0 Å². The van der Waals surface area contributed by atoms with Crippen LogP contribution in [0.2, 0.25) is 0 Å². The summed E-state index contributed by atoms with van der Waals surface area (Å²) in [5.41, 5.74) is 0.947. The number of guanidine groups is 1. The van der Waals surface area contributed by atoms with E-state index < -0.39 is 0 Å². The lowest BCUT2D eigenvalue weighted by Gasteiger charge is -2.25. The van der Waals surface area contributed by atoms with E-state index in [1.807, 2.05) is 0 Å². The van der Waals surface area contributed by atoms with Crippen LogP contribution in [0.5, 0.6) is 17.2 Å². The van der Waals surface area contributed by atoms with E-state index in [2.05, 4.69) is 15.6 Å². The number of aromatic hydroxyl groups is 1. The highest BCUT2D eigenvalue weighted by atomic mass is 16.5. The summed E-state index contributed by atoms with van der Waals surface area (Å²) in [5.74, 6) is 1.61. The van der Waals surface area contributed by atoms with E-state index >= 15 is 0 Å². The molecule has 128 valence electrons. The lowest BCUT2D eigenvalue weighted by molar-refractivity contribution is 0.339. The second kappa shape index (κ2) is 8.50. The molecule has 2 rings (SSSR count). The average Bonchev–Trinajstić information content (AvgIpc) is 2.60. The Bertz CT molecular complexity index is 515. The maximum absolute atomic E-state index is 9.95. The molecular formula is C17H27N3O3. The molecule has 1 aromatic carbocycles. The lowest BCUT2D eigenvalue weighted by Crippen LogP contribution is -2.43. The number of phenols is 1. The minimum absolute atomic E-state index is 0.0171. The summed E-state index contributed by atoms with van der Waals surface area (Å²) in [4.78, 5) is 4.28. The molecule has 0 radical (unpaired) electrons. The Hall–Kier alpha value is -2.11. The van der Waals surface area contributed by atoms with Gasteiger partial charge in [-0.2, -0.15) is 0 Å². The number of methoxy groups -OCH3 is 2. The molecule has 1 saturated carbocycles. The first-order valence-corrected chi connectivity index (χ1v) is 8.09. The summed E-state index contributed by atoms with van der Waals surface area (Å²) in [7, 11) is 4.82. The quantitative estimate of drug-likeness (QED) is 0.573. The Labute approximate surface area is 137 Å². The van der Waals surface area contributed by atoms with Crippen LogP contribution in [0.25, 0.3) is 0 Å². The van der Waals surface area contributed by atoms with Gasteiger partial charge in [0.15, 0.2) is 17.5 Å². The van der Waals surface area contributed by atoms with E-state index in [0.717, 1.165) is 11.5 Å². The largest absolute Gasteiger partial charge is 0.502 e. The van der Waals surface area contributed by atoms with Crippen molar-refractivity contribution in [3.05, 3.63) is 17.7 Å². The Morgan fingerprint density at radius 1 is 1.17 bits per heavy atom. The Kier molecular flexibility index (Phi) is 6.38. The van der Waals surface area contributed by atoms with Crippen molar-refractivity contribution in [3.63, 3.8) is 0 Å². The molecular weight excluding hydrogens is 294 g/mol. The molecule has 1 aromatic rings. The molecule has 6 heteroatoms. The maximum atomic E-state index is 9.95. The average molecular weight is 321 g/mol. The zero-order valence-electron chi connectivity index (χ0n) is 14.2. The molecule has 1 aliphatic rings. The fourth-order valence-corrected chi connectivity index (χ4v) is 2.87. The third-order valence-electron chi connectivity index (χ3n) is 4.17. The normalized spacial score (nSPS) is 16.0. The topological polar surface area (TPSA) is 75.1 Å². The molecule has 0 unspecified atom stereocenters. The number of nitrogens with zero attached hydrogens (tertiary/aromatic N) is 1. The number of ether oxygens (including phenoxy) is 2. The highest BCUT2D eigenvalue weighted by molar-refractivity contribution is 5.80. The number of benzene rings is 1. The molecule has 0 atom stereocenters. The summed E-state index contributed by atoms with van der Waals surface area (Å²) in [6, 6.07) is 4.08. The van der Waals surface area contributed by atoms with Crippen LogP contribution in [0.3, 0.4) is 0 Å². The molecule has 23 heavy (non-hydrogen) atoms. The van der Waals surface area contributed by atoms with Gasteiger partial charge >= 0.3 is 0 Å². The van der Waals surface area contributed by atoms with Crippen LogP contribution in [0.4, 0.5) is 0 Å². The van der Waals surface area contributed by atoms with Gasteiger partial charge in [0, 0.05) is 19.6 Å². The van der Waals surface area contributed by atoms with Crippen molar-refractivity contribution < 1.29 is 14.6 Å². The first-order valence-electron chi connectivity index (χ1n) is 8.09. The molecule has 1 fully saturated rings. The third-order valence-corrected chi connectivity index (χ3v) is 4.17. The molecule has 1 aliphatic carbocycles. The fraction of sp³-hybridized carbons (Fsp3) is 0.588. The van der Waals surface area contributed by atoms with Gasteiger partial charge in [-0.1, -0.05) is 19.3 Å². The van der Waals surface area contributed by atoms with E-state index in [4.69, 9.17) is 9.47 Å². The molecule has 0 aromatic heterocycles. The van der Waals surface area contributed by atoms with Crippen molar-refractivity contribution in [2.24, 2.45) is 4.99 Å². The molecule has 0 saturated heterocycles. The van der Waals surface area contributed by atoms with Crippen LogP contribution in [0.1, 0.15) is 37.7 Å². The standard InChI is InChI=1S/C17H27N3O3/c1-18-17(20-13-7-5-4-6-8-13)19-11-12-9-14(22-2)16(21)15(10-12)23-3/h9-10,13,21H,4-8,11H2,1-3H3,(H2,18,19,20). The lowest BCUT2D eigenvalue weighted by atomic mass is 9.96. The highest BCUT2D eigenvalue weighted by Gasteiger charge is 2.15. The molecule has 6 nitrogen and oxygen atoms in total. The van der Waals surface area contributed by atoms with Gasteiger partial charge in [0.05, 0.1) is 14.2 Å². The predicted molar refractivity (Wildman–Crippen MR) is 91.4 cm³/mol. The van der Waals surface area contributed by atoms with Gasteiger partial charge in [-0.15, -0.1) is 0 Å². The van der Waals surface area contributed by atoms with Crippen LogP contribution in [-0.4, -0.2) is 38.4 Å². The minimum atomic E-state index is 0.0171. The SMILES string of the molecule is CN=C(NCc1cc(OC)c(O)c(OC)c1)NC1CCCCC1. The van der Waals surface area contributed by atoms with Crippen LogP contribution < -0.4 is 20.1 Å². The Morgan fingerprint density at radius 3 is 2.30 bits per heavy atom. The van der Waals surface area contributed by atoms with Crippen molar-refractivity contribution >= 4 is 5.96 Å². The number of aliphatic imine (C=N–C) groups is 1. The van der Waals surface area contributed by atoms with Gasteiger partial charge in [0.1, 0.15) is 0 Å². The number of nitrogens with one attached hydrogen (secondary N) is 2. The first-order chi connectivity index (χ1) is 11.2.